The zero-order valence-corrected chi connectivity index (χ0v) is 14.1. The average Bonchev–Trinajstić information content (AvgIpc) is 2.50. The maximum atomic E-state index is 12.4. The Hall–Kier alpha value is -1.54. The number of halogens is 4. The Morgan fingerprint density at radius 3 is 2.65 bits per heavy atom. The van der Waals surface area contributed by atoms with E-state index in [9.17, 15) is 18.0 Å². The maximum absolute atomic E-state index is 12.4. The summed E-state index contributed by atoms with van der Waals surface area (Å²) in [7, 11) is 0. The summed E-state index contributed by atoms with van der Waals surface area (Å²) in [5.74, 6) is -0.122. The normalized spacial score (nSPS) is 11.3. The van der Waals surface area contributed by atoms with E-state index in [0.29, 0.717) is 11.6 Å². The van der Waals surface area contributed by atoms with Gasteiger partial charge >= 0.3 is 6.18 Å². The lowest BCUT2D eigenvalue weighted by atomic mass is 10.2. The fourth-order valence-corrected chi connectivity index (χ4v) is 2.79. The minimum Gasteiger partial charge on any atom is -0.351 e. The molecule has 122 valence electrons. The molecule has 1 amide bonds. The van der Waals surface area contributed by atoms with Crippen LogP contribution in [0.5, 0.6) is 0 Å². The van der Waals surface area contributed by atoms with Gasteiger partial charge in [-0.25, -0.2) is 4.98 Å². The van der Waals surface area contributed by atoms with Crippen molar-refractivity contribution in [1.29, 1.82) is 0 Å². The molecular weight excluding hydrogens is 393 g/mol. The molecule has 0 spiro atoms. The van der Waals surface area contributed by atoms with Crippen LogP contribution < -0.4 is 5.32 Å². The molecule has 3 nitrogen and oxygen atoms in total. The second-order valence-electron chi connectivity index (χ2n) is 4.58. The van der Waals surface area contributed by atoms with Crippen LogP contribution in [0.15, 0.2) is 52.1 Å². The van der Waals surface area contributed by atoms with E-state index >= 15 is 0 Å². The van der Waals surface area contributed by atoms with Crippen molar-refractivity contribution in [1.82, 2.24) is 10.3 Å². The Balaban J connectivity index is 1.80. The molecule has 0 aliphatic heterocycles. The van der Waals surface area contributed by atoms with Crippen molar-refractivity contribution >= 4 is 33.6 Å². The SMILES string of the molecule is O=C(CSc1ccc(C(F)(F)F)cn1)NCc1cccc(Br)c1. The molecule has 0 aliphatic rings. The van der Waals surface area contributed by atoms with Gasteiger partial charge in [0, 0.05) is 17.2 Å². The van der Waals surface area contributed by atoms with Crippen molar-refractivity contribution < 1.29 is 18.0 Å². The highest BCUT2D eigenvalue weighted by Crippen LogP contribution is 2.29. The number of nitrogens with zero attached hydrogens (tertiary/aromatic N) is 1. The van der Waals surface area contributed by atoms with Gasteiger partial charge in [-0.15, -0.1) is 0 Å². The number of rotatable bonds is 5. The summed E-state index contributed by atoms with van der Waals surface area (Å²) in [6, 6.07) is 9.74. The van der Waals surface area contributed by atoms with E-state index in [1.165, 1.54) is 6.07 Å². The zero-order chi connectivity index (χ0) is 16.9. The van der Waals surface area contributed by atoms with Crippen molar-refractivity contribution in [2.45, 2.75) is 17.7 Å². The van der Waals surface area contributed by atoms with E-state index in [0.717, 1.165) is 34.1 Å². The standard InChI is InChI=1S/C15H12BrF3N2OS/c16-12-3-1-2-10(6-12)7-20-13(22)9-23-14-5-4-11(8-21-14)15(17,18)19/h1-6,8H,7,9H2,(H,20,22). The smallest absolute Gasteiger partial charge is 0.351 e. The van der Waals surface area contributed by atoms with Crippen molar-refractivity contribution in [3.8, 4) is 0 Å². The quantitative estimate of drug-likeness (QED) is 0.756. The third-order valence-electron chi connectivity index (χ3n) is 2.79. The van der Waals surface area contributed by atoms with Gasteiger partial charge in [0.25, 0.3) is 0 Å². The second kappa shape index (κ2) is 7.83. The van der Waals surface area contributed by atoms with Crippen molar-refractivity contribution in [2.75, 3.05) is 5.75 Å². The lowest BCUT2D eigenvalue weighted by Gasteiger charge is -2.07. The molecule has 1 aromatic heterocycles. The Kier molecular flexibility index (Phi) is 6.06. The van der Waals surface area contributed by atoms with E-state index in [4.69, 9.17) is 0 Å². The molecule has 0 saturated heterocycles. The molecule has 23 heavy (non-hydrogen) atoms. The topological polar surface area (TPSA) is 42.0 Å². The summed E-state index contributed by atoms with van der Waals surface area (Å²) in [5.41, 5.74) is 0.145. The number of aromatic nitrogens is 1. The van der Waals surface area contributed by atoms with Crippen molar-refractivity contribution in [2.24, 2.45) is 0 Å². The highest BCUT2D eigenvalue weighted by molar-refractivity contribution is 9.10. The Morgan fingerprint density at radius 2 is 2.04 bits per heavy atom. The summed E-state index contributed by atoms with van der Waals surface area (Å²) >= 11 is 4.43. The van der Waals surface area contributed by atoms with Gasteiger partial charge in [-0.2, -0.15) is 13.2 Å². The Labute approximate surface area is 143 Å². The first-order chi connectivity index (χ1) is 10.8. The molecule has 1 heterocycles. The van der Waals surface area contributed by atoms with E-state index in [2.05, 4.69) is 26.2 Å². The fourth-order valence-electron chi connectivity index (χ4n) is 1.67. The first-order valence-corrected chi connectivity index (χ1v) is 8.29. The molecule has 1 aromatic carbocycles. The highest BCUT2D eigenvalue weighted by atomic mass is 79.9. The number of hydrogen-bond donors (Lipinski definition) is 1. The van der Waals surface area contributed by atoms with Gasteiger partial charge in [-0.05, 0) is 29.8 Å². The van der Waals surface area contributed by atoms with Crippen LogP contribution in [-0.4, -0.2) is 16.6 Å². The van der Waals surface area contributed by atoms with Gasteiger partial charge in [0.2, 0.25) is 5.91 Å². The lowest BCUT2D eigenvalue weighted by Crippen LogP contribution is -2.24. The summed E-state index contributed by atoms with van der Waals surface area (Å²) < 4.78 is 38.2. The van der Waals surface area contributed by atoms with Crippen molar-refractivity contribution in [3.63, 3.8) is 0 Å². The minimum absolute atomic E-state index is 0.0897. The van der Waals surface area contributed by atoms with E-state index in [1.54, 1.807) is 0 Å². The highest BCUT2D eigenvalue weighted by Gasteiger charge is 2.30. The first-order valence-electron chi connectivity index (χ1n) is 6.52. The van der Waals surface area contributed by atoms with Crippen LogP contribution in [0.2, 0.25) is 0 Å². The van der Waals surface area contributed by atoms with Gasteiger partial charge in [0.05, 0.1) is 16.3 Å². The Bertz CT molecular complexity index is 677. The lowest BCUT2D eigenvalue weighted by molar-refractivity contribution is -0.137. The third-order valence-corrected chi connectivity index (χ3v) is 4.23. The van der Waals surface area contributed by atoms with Crippen LogP contribution in [0.4, 0.5) is 13.2 Å². The number of amides is 1. The van der Waals surface area contributed by atoms with E-state index < -0.39 is 11.7 Å². The zero-order valence-electron chi connectivity index (χ0n) is 11.7. The number of benzene rings is 1. The number of alkyl halides is 3. The number of pyridine rings is 1. The number of carbonyl (C=O) groups is 1. The number of hydrogen-bond acceptors (Lipinski definition) is 3. The van der Waals surface area contributed by atoms with Gasteiger partial charge in [-0.1, -0.05) is 39.8 Å². The van der Waals surface area contributed by atoms with Gasteiger partial charge < -0.3 is 5.32 Å². The molecule has 0 unspecified atom stereocenters. The summed E-state index contributed by atoms with van der Waals surface area (Å²) in [6.45, 7) is 0.388. The molecule has 0 fully saturated rings. The molecule has 1 N–H and O–H groups in total. The molecular formula is C15H12BrF3N2OS. The Morgan fingerprint density at radius 1 is 1.26 bits per heavy atom. The number of carbonyl (C=O) groups excluding carboxylic acids is 1. The molecule has 0 saturated carbocycles. The first kappa shape index (κ1) is 17.8. The predicted octanol–water partition coefficient (Wildman–Crippen LogP) is 4.27. The van der Waals surface area contributed by atoms with Crippen LogP contribution in [0.25, 0.3) is 0 Å². The molecule has 0 bridgehead atoms. The van der Waals surface area contributed by atoms with E-state index in [1.807, 2.05) is 24.3 Å². The minimum atomic E-state index is -4.41. The molecule has 8 heteroatoms. The summed E-state index contributed by atoms with van der Waals surface area (Å²) in [5, 5.41) is 3.11. The van der Waals surface area contributed by atoms with Crippen LogP contribution in [-0.2, 0) is 17.5 Å². The molecule has 2 aromatic rings. The van der Waals surface area contributed by atoms with E-state index in [-0.39, 0.29) is 11.7 Å². The second-order valence-corrected chi connectivity index (χ2v) is 6.49. The molecule has 0 atom stereocenters. The van der Waals surface area contributed by atoms with Gasteiger partial charge in [0.15, 0.2) is 0 Å². The largest absolute Gasteiger partial charge is 0.417 e. The molecule has 2 rings (SSSR count). The molecule has 0 aliphatic carbocycles. The van der Waals surface area contributed by atoms with Gasteiger partial charge in [-0.3, -0.25) is 4.79 Å². The fraction of sp³-hybridized carbons (Fsp3) is 0.200. The number of nitrogens with one attached hydrogen (secondary N) is 1. The summed E-state index contributed by atoms with van der Waals surface area (Å²) in [4.78, 5) is 15.5. The van der Waals surface area contributed by atoms with Crippen LogP contribution >= 0.6 is 27.7 Å². The molecule has 0 radical (unpaired) electrons. The summed E-state index contributed by atoms with van der Waals surface area (Å²) in [6.07, 6.45) is -3.64. The maximum Gasteiger partial charge on any atom is 0.417 e. The van der Waals surface area contributed by atoms with Crippen molar-refractivity contribution in [3.05, 3.63) is 58.2 Å². The van der Waals surface area contributed by atoms with Crippen LogP contribution in [0, 0.1) is 0 Å². The predicted molar refractivity (Wildman–Crippen MR) is 86.0 cm³/mol. The van der Waals surface area contributed by atoms with Gasteiger partial charge in [0.1, 0.15) is 0 Å². The number of thioether (sulfide) groups is 1. The third kappa shape index (κ3) is 5.87. The monoisotopic (exact) mass is 404 g/mol. The van der Waals surface area contributed by atoms with Crippen LogP contribution in [0.3, 0.4) is 0 Å². The average molecular weight is 405 g/mol. The van der Waals surface area contributed by atoms with Crippen LogP contribution in [0.1, 0.15) is 11.1 Å².